The van der Waals surface area contributed by atoms with E-state index in [-0.39, 0.29) is 0 Å². The highest BCUT2D eigenvalue weighted by atomic mass is 127. The fourth-order valence-corrected chi connectivity index (χ4v) is 2.08. The molecule has 2 aromatic rings. The van der Waals surface area contributed by atoms with Gasteiger partial charge in [0, 0.05) is 15.8 Å². The molecule has 0 spiro atoms. The number of halogens is 2. The number of hydrogen-bond acceptors (Lipinski definition) is 3. The summed E-state index contributed by atoms with van der Waals surface area (Å²) in [6.45, 7) is 0. The van der Waals surface area contributed by atoms with E-state index in [4.69, 9.17) is 5.11 Å². The zero-order valence-corrected chi connectivity index (χ0v) is 11.0. The van der Waals surface area contributed by atoms with Gasteiger partial charge in [0.05, 0.1) is 5.69 Å². The molecule has 7 heteroatoms. The Labute approximate surface area is 114 Å². The second kappa shape index (κ2) is 4.84. The minimum atomic E-state index is -1.40. The van der Waals surface area contributed by atoms with Crippen molar-refractivity contribution in [1.29, 1.82) is 0 Å². The Morgan fingerprint density at radius 2 is 2.11 bits per heavy atom. The van der Waals surface area contributed by atoms with Crippen LogP contribution in [0.15, 0.2) is 35.3 Å². The van der Waals surface area contributed by atoms with Crippen LogP contribution in [0, 0.1) is 9.39 Å². The van der Waals surface area contributed by atoms with Crippen molar-refractivity contribution in [3.63, 3.8) is 0 Å². The van der Waals surface area contributed by atoms with Gasteiger partial charge in [-0.3, -0.25) is 4.79 Å². The first-order chi connectivity index (χ1) is 8.49. The molecule has 1 aromatic carbocycles. The summed E-state index contributed by atoms with van der Waals surface area (Å²) < 4.78 is 14.7. The number of hydrogen-bond donors (Lipinski definition) is 1. The lowest BCUT2D eigenvalue weighted by atomic mass is 10.3. The summed E-state index contributed by atoms with van der Waals surface area (Å²) in [6.07, 6.45) is 1.34. The van der Waals surface area contributed by atoms with Crippen LogP contribution in [-0.2, 0) is 0 Å². The van der Waals surface area contributed by atoms with Gasteiger partial charge in [-0.1, -0.05) is 0 Å². The Kier molecular flexibility index (Phi) is 3.41. The maximum absolute atomic E-state index is 13.0. The third-order valence-corrected chi connectivity index (χ3v) is 3.03. The quantitative estimate of drug-likeness (QED) is 0.828. The van der Waals surface area contributed by atoms with Crippen molar-refractivity contribution in [2.75, 3.05) is 0 Å². The smallest absolute Gasteiger partial charge is 0.360 e. The van der Waals surface area contributed by atoms with E-state index < -0.39 is 22.9 Å². The molecule has 2 rings (SSSR count). The summed E-state index contributed by atoms with van der Waals surface area (Å²) in [5.41, 5.74) is -0.743. The van der Waals surface area contributed by atoms with E-state index in [0.717, 1.165) is 6.07 Å². The van der Waals surface area contributed by atoms with E-state index in [1.807, 2.05) is 22.6 Å². The highest BCUT2D eigenvalue weighted by Gasteiger charge is 2.12. The second-order valence-electron chi connectivity index (χ2n) is 3.37. The largest absolute Gasteiger partial charge is 0.476 e. The van der Waals surface area contributed by atoms with E-state index in [1.54, 1.807) is 0 Å². The number of carboxylic acids is 1. The molecule has 0 bridgehead atoms. The molecule has 0 amide bonds. The lowest BCUT2D eigenvalue weighted by molar-refractivity contribution is 0.0687. The zero-order valence-electron chi connectivity index (χ0n) is 8.80. The molecular formula is C11H6FIN2O3. The van der Waals surface area contributed by atoms with Crippen LogP contribution in [0.4, 0.5) is 4.39 Å². The van der Waals surface area contributed by atoms with Gasteiger partial charge in [-0.25, -0.2) is 13.9 Å². The maximum atomic E-state index is 13.0. The van der Waals surface area contributed by atoms with Crippen molar-refractivity contribution in [3.05, 3.63) is 55.8 Å². The molecule has 1 aromatic heterocycles. The molecule has 0 saturated heterocycles. The van der Waals surface area contributed by atoms with Gasteiger partial charge in [-0.15, -0.1) is 0 Å². The first-order valence-electron chi connectivity index (χ1n) is 4.78. The molecule has 0 aliphatic rings. The van der Waals surface area contributed by atoms with Crippen LogP contribution in [0.1, 0.15) is 10.5 Å². The molecular weight excluding hydrogens is 354 g/mol. The molecule has 0 saturated carbocycles. The molecule has 0 fully saturated rings. The Morgan fingerprint density at radius 1 is 1.39 bits per heavy atom. The van der Waals surface area contributed by atoms with E-state index in [9.17, 15) is 14.0 Å². The molecule has 1 heterocycles. The number of nitrogens with zero attached hydrogens (tertiary/aromatic N) is 2. The molecule has 92 valence electrons. The molecule has 0 unspecified atom stereocenters. The number of aromatic nitrogens is 2. The Morgan fingerprint density at radius 3 is 2.72 bits per heavy atom. The summed E-state index contributed by atoms with van der Waals surface area (Å²) in [5.74, 6) is -1.80. The minimum Gasteiger partial charge on any atom is -0.476 e. The molecule has 0 atom stereocenters. The normalized spacial score (nSPS) is 10.3. The van der Waals surface area contributed by atoms with Crippen molar-refractivity contribution in [3.8, 4) is 5.69 Å². The van der Waals surface area contributed by atoms with Crippen LogP contribution in [0.2, 0.25) is 0 Å². The summed E-state index contributed by atoms with van der Waals surface area (Å²) >= 11 is 1.90. The van der Waals surface area contributed by atoms with Crippen LogP contribution in [0.5, 0.6) is 0 Å². The first kappa shape index (κ1) is 12.7. The highest BCUT2D eigenvalue weighted by Crippen LogP contribution is 2.16. The zero-order chi connectivity index (χ0) is 13.3. The van der Waals surface area contributed by atoms with Gasteiger partial charge in [-0.05, 0) is 40.8 Å². The van der Waals surface area contributed by atoms with Gasteiger partial charge in [-0.2, -0.15) is 5.10 Å². The standard InChI is InChI=1S/C11H6FIN2O3/c12-6-1-2-8(7(13)5-6)15-4-3-9(16)10(14-15)11(17)18/h1-5H,(H,17,18). The van der Waals surface area contributed by atoms with Gasteiger partial charge >= 0.3 is 5.97 Å². The van der Waals surface area contributed by atoms with E-state index >= 15 is 0 Å². The van der Waals surface area contributed by atoms with Crippen molar-refractivity contribution in [1.82, 2.24) is 9.78 Å². The summed E-state index contributed by atoms with van der Waals surface area (Å²) in [4.78, 5) is 22.1. The molecule has 18 heavy (non-hydrogen) atoms. The number of carbonyl (C=O) groups is 1. The fraction of sp³-hybridized carbons (Fsp3) is 0. The number of benzene rings is 1. The van der Waals surface area contributed by atoms with Gasteiger partial charge < -0.3 is 5.11 Å². The van der Waals surface area contributed by atoms with E-state index in [2.05, 4.69) is 5.10 Å². The number of rotatable bonds is 2. The average molecular weight is 360 g/mol. The Bertz CT molecular complexity index is 684. The average Bonchev–Trinajstić information content (AvgIpc) is 2.30. The Balaban J connectivity index is 2.61. The number of aromatic carboxylic acids is 1. The van der Waals surface area contributed by atoms with Crippen LogP contribution in [0.25, 0.3) is 5.69 Å². The van der Waals surface area contributed by atoms with Crippen molar-refractivity contribution >= 4 is 28.6 Å². The van der Waals surface area contributed by atoms with Crippen molar-refractivity contribution in [2.24, 2.45) is 0 Å². The molecule has 0 aliphatic heterocycles. The third kappa shape index (κ3) is 2.40. The number of carboxylic acid groups (broad SMARTS) is 1. The monoisotopic (exact) mass is 360 g/mol. The minimum absolute atomic E-state index is 0.400. The van der Waals surface area contributed by atoms with Gasteiger partial charge in [0.1, 0.15) is 5.82 Å². The predicted molar refractivity (Wildman–Crippen MR) is 69.5 cm³/mol. The predicted octanol–water partition coefficient (Wildman–Crippen LogP) is 1.67. The van der Waals surface area contributed by atoms with Gasteiger partial charge in [0.2, 0.25) is 11.1 Å². The second-order valence-corrected chi connectivity index (χ2v) is 4.54. The lowest BCUT2D eigenvalue weighted by Crippen LogP contribution is -2.20. The maximum Gasteiger partial charge on any atom is 0.360 e. The Hall–Kier alpha value is -1.77. The third-order valence-electron chi connectivity index (χ3n) is 2.17. The SMILES string of the molecule is O=C(O)c1nn(-c2ccc(F)cc2I)ccc1=O. The van der Waals surface area contributed by atoms with Crippen molar-refractivity contribution in [2.45, 2.75) is 0 Å². The van der Waals surface area contributed by atoms with Crippen molar-refractivity contribution < 1.29 is 14.3 Å². The van der Waals surface area contributed by atoms with Crippen LogP contribution in [0.3, 0.4) is 0 Å². The van der Waals surface area contributed by atoms with Gasteiger partial charge in [0.15, 0.2) is 0 Å². The van der Waals surface area contributed by atoms with E-state index in [0.29, 0.717) is 9.26 Å². The fourth-order valence-electron chi connectivity index (χ4n) is 1.36. The highest BCUT2D eigenvalue weighted by molar-refractivity contribution is 14.1. The topological polar surface area (TPSA) is 72.2 Å². The first-order valence-corrected chi connectivity index (χ1v) is 5.85. The lowest BCUT2D eigenvalue weighted by Gasteiger charge is -2.07. The van der Waals surface area contributed by atoms with Crippen LogP contribution >= 0.6 is 22.6 Å². The van der Waals surface area contributed by atoms with Gasteiger partial charge in [0.25, 0.3) is 0 Å². The van der Waals surface area contributed by atoms with Crippen LogP contribution < -0.4 is 5.43 Å². The summed E-state index contributed by atoms with van der Waals surface area (Å²) in [7, 11) is 0. The molecule has 0 radical (unpaired) electrons. The molecule has 1 N–H and O–H groups in total. The summed E-state index contributed by atoms with van der Waals surface area (Å²) in [6, 6.07) is 5.09. The molecule has 5 nitrogen and oxygen atoms in total. The summed E-state index contributed by atoms with van der Waals surface area (Å²) in [5, 5.41) is 12.5. The molecule has 0 aliphatic carbocycles. The van der Waals surface area contributed by atoms with E-state index in [1.165, 1.54) is 29.1 Å². The van der Waals surface area contributed by atoms with Crippen LogP contribution in [-0.4, -0.2) is 20.9 Å².